The molecule has 4 nitrogen and oxygen atoms in total. The minimum atomic E-state index is 0.505. The van der Waals surface area contributed by atoms with E-state index in [1.807, 2.05) is 18.2 Å². The summed E-state index contributed by atoms with van der Waals surface area (Å²) in [4.78, 5) is 6.78. The number of pyridine rings is 1. The molecular weight excluding hydrogens is 224 g/mol. The van der Waals surface area contributed by atoms with Gasteiger partial charge in [-0.05, 0) is 43.2 Å². The molecule has 1 aliphatic rings. The summed E-state index contributed by atoms with van der Waals surface area (Å²) in [6.45, 7) is 4.72. The predicted octanol–water partition coefficient (Wildman–Crippen LogP) is 2.77. The molecule has 2 rings (SSSR count). The number of rotatable bonds is 3. The van der Waals surface area contributed by atoms with Crippen molar-refractivity contribution in [1.29, 1.82) is 0 Å². The second kappa shape index (κ2) is 5.14. The third-order valence-electron chi connectivity index (χ3n) is 4.10. The van der Waals surface area contributed by atoms with Gasteiger partial charge in [0.15, 0.2) is 0 Å². The molecule has 0 spiro atoms. The average Bonchev–Trinajstić information content (AvgIpc) is 2.38. The Hall–Kier alpha value is -1.29. The van der Waals surface area contributed by atoms with E-state index < -0.39 is 0 Å². The topological polar surface area (TPSA) is 54.2 Å². The van der Waals surface area contributed by atoms with Crippen LogP contribution in [0.15, 0.2) is 18.2 Å². The number of aromatic nitrogens is 1. The number of hydrazine groups is 1. The third-order valence-corrected chi connectivity index (χ3v) is 4.10. The summed E-state index contributed by atoms with van der Waals surface area (Å²) < 4.78 is 0. The zero-order valence-corrected chi connectivity index (χ0v) is 11.6. The fraction of sp³-hybridized carbons (Fsp3) is 0.643. The van der Waals surface area contributed by atoms with E-state index >= 15 is 0 Å². The van der Waals surface area contributed by atoms with Crippen LogP contribution in [0.1, 0.15) is 39.5 Å². The monoisotopic (exact) mass is 248 g/mol. The number of anilines is 2. The highest BCUT2D eigenvalue weighted by Gasteiger charge is 2.29. The van der Waals surface area contributed by atoms with Gasteiger partial charge in [0.05, 0.1) is 0 Å². The van der Waals surface area contributed by atoms with E-state index in [4.69, 9.17) is 5.84 Å². The maximum absolute atomic E-state index is 5.40. The maximum atomic E-state index is 5.40. The van der Waals surface area contributed by atoms with E-state index in [1.54, 1.807) is 0 Å². The second-order valence-corrected chi connectivity index (χ2v) is 6.03. The van der Waals surface area contributed by atoms with Gasteiger partial charge in [0.2, 0.25) is 0 Å². The molecule has 1 saturated carbocycles. The average molecular weight is 248 g/mol. The largest absolute Gasteiger partial charge is 0.357 e. The van der Waals surface area contributed by atoms with E-state index in [-0.39, 0.29) is 0 Å². The number of nitrogens with zero attached hydrogens (tertiary/aromatic N) is 2. The van der Waals surface area contributed by atoms with Gasteiger partial charge in [0, 0.05) is 13.1 Å². The molecule has 1 aliphatic carbocycles. The summed E-state index contributed by atoms with van der Waals surface area (Å²) in [5, 5.41) is 0. The molecule has 1 aromatic rings. The Kier molecular flexibility index (Phi) is 3.76. The molecule has 0 aromatic carbocycles. The molecule has 0 amide bonds. The quantitative estimate of drug-likeness (QED) is 0.638. The third kappa shape index (κ3) is 2.93. The predicted molar refractivity (Wildman–Crippen MR) is 76.5 cm³/mol. The first-order chi connectivity index (χ1) is 8.52. The number of nitrogen functional groups attached to an aromatic ring is 1. The highest BCUT2D eigenvalue weighted by Crippen LogP contribution is 2.37. The fourth-order valence-electron chi connectivity index (χ4n) is 2.66. The standard InChI is InChI=1S/C14H24N4/c1-14(2)9-7-11(8-10-14)18(3)13-6-4-5-12(16-13)17-15/h4-6,11H,7-10,15H2,1-3H3,(H,16,17). The van der Waals surface area contributed by atoms with Gasteiger partial charge < -0.3 is 10.3 Å². The summed E-state index contributed by atoms with van der Waals surface area (Å²) in [6.07, 6.45) is 5.06. The molecule has 0 atom stereocenters. The summed E-state index contributed by atoms with van der Waals surface area (Å²) in [5.74, 6) is 7.12. The first kappa shape index (κ1) is 13.1. The molecule has 0 aliphatic heterocycles. The summed E-state index contributed by atoms with van der Waals surface area (Å²) in [5.41, 5.74) is 3.11. The van der Waals surface area contributed by atoms with Crippen molar-refractivity contribution in [3.8, 4) is 0 Å². The van der Waals surface area contributed by atoms with Crippen LogP contribution in [0.2, 0.25) is 0 Å². The van der Waals surface area contributed by atoms with Crippen molar-refractivity contribution in [2.45, 2.75) is 45.6 Å². The maximum Gasteiger partial charge on any atom is 0.142 e. The SMILES string of the molecule is CN(c1cccc(NN)n1)C1CCC(C)(C)CC1. The van der Waals surface area contributed by atoms with E-state index in [0.29, 0.717) is 11.5 Å². The van der Waals surface area contributed by atoms with Gasteiger partial charge in [0.25, 0.3) is 0 Å². The molecule has 4 heteroatoms. The Balaban J connectivity index is 2.05. The first-order valence-corrected chi connectivity index (χ1v) is 6.68. The van der Waals surface area contributed by atoms with E-state index in [1.165, 1.54) is 25.7 Å². The van der Waals surface area contributed by atoms with Crippen LogP contribution in [0.3, 0.4) is 0 Å². The summed E-state index contributed by atoms with van der Waals surface area (Å²) in [7, 11) is 2.13. The van der Waals surface area contributed by atoms with Gasteiger partial charge >= 0.3 is 0 Å². The number of nitrogens with one attached hydrogen (secondary N) is 1. The summed E-state index contributed by atoms with van der Waals surface area (Å²) >= 11 is 0. The van der Waals surface area contributed by atoms with Gasteiger partial charge in [-0.1, -0.05) is 19.9 Å². The molecular formula is C14H24N4. The Morgan fingerprint density at radius 1 is 1.33 bits per heavy atom. The van der Waals surface area contributed by atoms with Crippen molar-refractivity contribution >= 4 is 11.6 Å². The van der Waals surface area contributed by atoms with Crippen LogP contribution >= 0.6 is 0 Å². The lowest BCUT2D eigenvalue weighted by Crippen LogP contribution is -2.37. The van der Waals surface area contributed by atoms with Crippen molar-refractivity contribution in [3.63, 3.8) is 0 Å². The molecule has 0 saturated heterocycles. The van der Waals surface area contributed by atoms with E-state index in [2.05, 4.69) is 36.2 Å². The smallest absolute Gasteiger partial charge is 0.142 e. The van der Waals surface area contributed by atoms with Gasteiger partial charge in [-0.2, -0.15) is 0 Å². The normalized spacial score (nSPS) is 19.6. The van der Waals surface area contributed by atoms with Crippen LogP contribution in [0, 0.1) is 5.41 Å². The van der Waals surface area contributed by atoms with Crippen molar-refractivity contribution in [3.05, 3.63) is 18.2 Å². The van der Waals surface area contributed by atoms with Crippen LogP contribution in [0.5, 0.6) is 0 Å². The molecule has 0 unspecified atom stereocenters. The Morgan fingerprint density at radius 2 is 2.00 bits per heavy atom. The summed E-state index contributed by atoms with van der Waals surface area (Å²) in [6, 6.07) is 6.50. The molecule has 18 heavy (non-hydrogen) atoms. The first-order valence-electron chi connectivity index (χ1n) is 6.68. The van der Waals surface area contributed by atoms with E-state index in [0.717, 1.165) is 11.6 Å². The molecule has 3 N–H and O–H groups in total. The zero-order valence-electron chi connectivity index (χ0n) is 11.6. The molecule has 0 radical (unpaired) electrons. The Morgan fingerprint density at radius 3 is 2.61 bits per heavy atom. The number of nitrogens with two attached hydrogens (primary N) is 1. The van der Waals surface area contributed by atoms with Crippen LogP contribution in [0.25, 0.3) is 0 Å². The number of hydrogen-bond acceptors (Lipinski definition) is 4. The second-order valence-electron chi connectivity index (χ2n) is 6.03. The highest BCUT2D eigenvalue weighted by molar-refractivity contribution is 5.46. The van der Waals surface area contributed by atoms with Gasteiger partial charge in [0.1, 0.15) is 11.6 Å². The Labute approximate surface area is 110 Å². The fourth-order valence-corrected chi connectivity index (χ4v) is 2.66. The van der Waals surface area contributed by atoms with Crippen molar-refractivity contribution in [2.24, 2.45) is 11.3 Å². The highest BCUT2D eigenvalue weighted by atomic mass is 15.3. The lowest BCUT2D eigenvalue weighted by molar-refractivity contribution is 0.222. The minimum absolute atomic E-state index is 0.505. The minimum Gasteiger partial charge on any atom is -0.357 e. The van der Waals surface area contributed by atoms with E-state index in [9.17, 15) is 0 Å². The molecule has 100 valence electrons. The van der Waals surface area contributed by atoms with Gasteiger partial charge in [-0.25, -0.2) is 10.8 Å². The van der Waals surface area contributed by atoms with Crippen molar-refractivity contribution in [1.82, 2.24) is 4.98 Å². The number of hydrogen-bond donors (Lipinski definition) is 2. The van der Waals surface area contributed by atoms with Crippen LogP contribution in [-0.2, 0) is 0 Å². The van der Waals surface area contributed by atoms with Crippen LogP contribution in [0.4, 0.5) is 11.6 Å². The lowest BCUT2D eigenvalue weighted by atomic mass is 9.75. The van der Waals surface area contributed by atoms with Crippen LogP contribution < -0.4 is 16.2 Å². The molecule has 1 fully saturated rings. The van der Waals surface area contributed by atoms with Crippen LogP contribution in [-0.4, -0.2) is 18.1 Å². The van der Waals surface area contributed by atoms with Crippen molar-refractivity contribution < 1.29 is 0 Å². The van der Waals surface area contributed by atoms with Gasteiger partial charge in [-0.15, -0.1) is 0 Å². The van der Waals surface area contributed by atoms with Gasteiger partial charge in [-0.3, -0.25) is 0 Å². The molecule has 1 aromatic heterocycles. The molecule has 1 heterocycles. The zero-order chi connectivity index (χ0) is 13.2. The Bertz CT molecular complexity index is 393. The molecule has 0 bridgehead atoms. The van der Waals surface area contributed by atoms with Crippen molar-refractivity contribution in [2.75, 3.05) is 17.4 Å². The lowest BCUT2D eigenvalue weighted by Gasteiger charge is -2.39.